The Hall–Kier alpha value is -1.77. The lowest BCUT2D eigenvalue weighted by Gasteiger charge is -2.22. The predicted molar refractivity (Wildman–Crippen MR) is 74.4 cm³/mol. The number of hydrogen-bond donors (Lipinski definition) is 0. The third kappa shape index (κ3) is 1.90. The highest BCUT2D eigenvalue weighted by molar-refractivity contribution is 5.90. The van der Waals surface area contributed by atoms with E-state index in [9.17, 15) is 4.79 Å². The normalized spacial score (nSPS) is 11.8. The number of fused-ring (bicyclic) bond motifs is 1. The zero-order valence-corrected chi connectivity index (χ0v) is 11.6. The average Bonchev–Trinajstić information content (AvgIpc) is 2.31. The molecule has 0 fully saturated rings. The van der Waals surface area contributed by atoms with Crippen LogP contribution in [0.1, 0.15) is 26.3 Å². The van der Waals surface area contributed by atoms with E-state index in [4.69, 9.17) is 4.74 Å². The largest absolute Gasteiger partial charge is 0.496 e. The third-order valence-electron chi connectivity index (χ3n) is 3.20. The molecule has 3 nitrogen and oxygen atoms in total. The summed E-state index contributed by atoms with van der Waals surface area (Å²) in [7, 11) is 3.38. The summed E-state index contributed by atoms with van der Waals surface area (Å²) < 4.78 is 6.95. The minimum atomic E-state index is -0.0181. The molecule has 0 bridgehead atoms. The lowest BCUT2D eigenvalue weighted by molar-refractivity contribution is 0.419. The molecule has 0 N–H and O–H groups in total. The summed E-state index contributed by atoms with van der Waals surface area (Å²) in [5, 5.41) is 1.64. The monoisotopic (exact) mass is 245 g/mol. The first-order chi connectivity index (χ1) is 8.36. The van der Waals surface area contributed by atoms with E-state index in [2.05, 4.69) is 20.8 Å². The molecule has 3 heteroatoms. The maximum atomic E-state index is 12.3. The molecule has 1 aromatic heterocycles. The molecule has 0 radical (unpaired) electrons. The molecule has 96 valence electrons. The Morgan fingerprint density at radius 2 is 1.89 bits per heavy atom. The molecule has 2 aromatic rings. The second kappa shape index (κ2) is 4.16. The van der Waals surface area contributed by atoms with E-state index in [0.29, 0.717) is 11.1 Å². The number of nitrogens with zero attached hydrogens (tertiary/aromatic N) is 1. The van der Waals surface area contributed by atoms with Gasteiger partial charge in [0, 0.05) is 13.2 Å². The van der Waals surface area contributed by atoms with Crippen molar-refractivity contribution in [3.63, 3.8) is 0 Å². The maximum Gasteiger partial charge on any atom is 0.261 e. The first-order valence-electron chi connectivity index (χ1n) is 6.03. The number of ether oxygens (including phenoxy) is 1. The molecule has 0 aliphatic rings. The van der Waals surface area contributed by atoms with Crippen molar-refractivity contribution in [3.05, 3.63) is 40.3 Å². The fraction of sp³-hybridized carbons (Fsp3) is 0.400. The molecule has 18 heavy (non-hydrogen) atoms. The second-order valence-electron chi connectivity index (χ2n) is 5.59. The molecule has 1 aromatic carbocycles. The van der Waals surface area contributed by atoms with Gasteiger partial charge in [0.2, 0.25) is 0 Å². The lowest BCUT2D eigenvalue weighted by atomic mass is 9.85. The number of hydrogen-bond acceptors (Lipinski definition) is 2. The van der Waals surface area contributed by atoms with Gasteiger partial charge in [-0.1, -0.05) is 32.9 Å². The van der Waals surface area contributed by atoms with Gasteiger partial charge in [-0.25, -0.2) is 0 Å². The summed E-state index contributed by atoms with van der Waals surface area (Å²) >= 11 is 0. The maximum absolute atomic E-state index is 12.3. The van der Waals surface area contributed by atoms with E-state index in [1.165, 1.54) is 0 Å². The number of aryl methyl sites for hydroxylation is 1. The Balaban J connectivity index is 3.01. The van der Waals surface area contributed by atoms with Crippen LogP contribution in [0.5, 0.6) is 5.75 Å². The Bertz CT molecular complexity index is 648. The Morgan fingerprint density at radius 3 is 2.44 bits per heavy atom. The summed E-state index contributed by atoms with van der Waals surface area (Å²) in [5.74, 6) is 0.638. The fourth-order valence-electron chi connectivity index (χ4n) is 2.24. The van der Waals surface area contributed by atoms with Gasteiger partial charge in [-0.15, -0.1) is 0 Å². The topological polar surface area (TPSA) is 31.2 Å². The van der Waals surface area contributed by atoms with Crippen LogP contribution in [-0.2, 0) is 12.5 Å². The number of pyridine rings is 1. The summed E-state index contributed by atoms with van der Waals surface area (Å²) in [5.41, 5.74) is 1.12. The van der Waals surface area contributed by atoms with Crippen molar-refractivity contribution in [2.75, 3.05) is 7.11 Å². The van der Waals surface area contributed by atoms with E-state index in [1.807, 2.05) is 24.4 Å². The Labute approximate surface area is 107 Å². The summed E-state index contributed by atoms with van der Waals surface area (Å²) in [6, 6.07) is 5.74. The van der Waals surface area contributed by atoms with Crippen molar-refractivity contribution < 1.29 is 4.74 Å². The van der Waals surface area contributed by atoms with Gasteiger partial charge in [-0.3, -0.25) is 4.79 Å². The van der Waals surface area contributed by atoms with E-state index in [-0.39, 0.29) is 11.0 Å². The van der Waals surface area contributed by atoms with Gasteiger partial charge in [0.05, 0.1) is 12.5 Å². The molecule has 0 amide bonds. The summed E-state index contributed by atoms with van der Waals surface area (Å²) in [4.78, 5) is 12.3. The Kier molecular flexibility index (Phi) is 2.93. The first-order valence-corrected chi connectivity index (χ1v) is 6.03. The van der Waals surface area contributed by atoms with Crippen molar-refractivity contribution in [1.29, 1.82) is 0 Å². The molecule has 0 aliphatic carbocycles. The van der Waals surface area contributed by atoms with Crippen LogP contribution in [0.3, 0.4) is 0 Å². The van der Waals surface area contributed by atoms with Crippen LogP contribution in [0.15, 0.2) is 29.2 Å². The smallest absolute Gasteiger partial charge is 0.261 e. The van der Waals surface area contributed by atoms with Gasteiger partial charge in [0.15, 0.2) is 0 Å². The number of benzene rings is 1. The SMILES string of the molecule is COc1cccc2c(C(C)(C)C)cn(C)c(=O)c12. The van der Waals surface area contributed by atoms with Gasteiger partial charge < -0.3 is 9.30 Å². The van der Waals surface area contributed by atoms with Crippen molar-refractivity contribution in [2.45, 2.75) is 26.2 Å². The molecule has 0 unspecified atom stereocenters. The van der Waals surface area contributed by atoms with Crippen LogP contribution in [0.4, 0.5) is 0 Å². The second-order valence-corrected chi connectivity index (χ2v) is 5.59. The highest BCUT2D eigenvalue weighted by atomic mass is 16.5. The standard InChI is InChI=1S/C15H19NO2/c1-15(2,3)11-9-16(4)14(17)13-10(11)7-6-8-12(13)18-5/h6-9H,1-5H3. The van der Waals surface area contributed by atoms with Crippen LogP contribution < -0.4 is 10.3 Å². The van der Waals surface area contributed by atoms with E-state index < -0.39 is 0 Å². The minimum absolute atomic E-state index is 0.0178. The van der Waals surface area contributed by atoms with Crippen LogP contribution in [0, 0.1) is 0 Å². The number of rotatable bonds is 1. The van der Waals surface area contributed by atoms with Crippen LogP contribution in [-0.4, -0.2) is 11.7 Å². The average molecular weight is 245 g/mol. The third-order valence-corrected chi connectivity index (χ3v) is 3.20. The summed E-state index contributed by atoms with van der Waals surface area (Å²) in [6.45, 7) is 6.43. The van der Waals surface area contributed by atoms with Gasteiger partial charge >= 0.3 is 0 Å². The molecular formula is C15H19NO2. The molecule has 0 saturated carbocycles. The van der Waals surface area contributed by atoms with E-state index in [1.54, 1.807) is 18.7 Å². The zero-order valence-electron chi connectivity index (χ0n) is 11.6. The van der Waals surface area contributed by atoms with Gasteiger partial charge in [0.1, 0.15) is 5.75 Å². The van der Waals surface area contributed by atoms with Crippen LogP contribution >= 0.6 is 0 Å². The van der Waals surface area contributed by atoms with Crippen molar-refractivity contribution >= 4 is 10.8 Å². The van der Waals surface area contributed by atoms with Crippen LogP contribution in [0.2, 0.25) is 0 Å². The highest BCUT2D eigenvalue weighted by Crippen LogP contribution is 2.31. The number of methoxy groups -OCH3 is 1. The van der Waals surface area contributed by atoms with Crippen molar-refractivity contribution in [2.24, 2.45) is 7.05 Å². The molecule has 0 saturated heterocycles. The Morgan fingerprint density at radius 1 is 1.22 bits per heavy atom. The van der Waals surface area contributed by atoms with E-state index in [0.717, 1.165) is 10.9 Å². The molecule has 1 heterocycles. The minimum Gasteiger partial charge on any atom is -0.496 e. The first kappa shape index (κ1) is 12.7. The lowest BCUT2D eigenvalue weighted by Crippen LogP contribution is -2.22. The van der Waals surface area contributed by atoms with E-state index >= 15 is 0 Å². The quantitative estimate of drug-likeness (QED) is 0.773. The molecule has 0 spiro atoms. The molecule has 0 aliphatic heterocycles. The fourth-order valence-corrected chi connectivity index (χ4v) is 2.24. The molecular weight excluding hydrogens is 226 g/mol. The number of aromatic nitrogens is 1. The highest BCUT2D eigenvalue weighted by Gasteiger charge is 2.20. The van der Waals surface area contributed by atoms with Crippen molar-refractivity contribution in [3.8, 4) is 5.75 Å². The van der Waals surface area contributed by atoms with Gasteiger partial charge in [-0.2, -0.15) is 0 Å². The zero-order chi connectivity index (χ0) is 13.5. The van der Waals surface area contributed by atoms with Gasteiger partial charge in [-0.05, 0) is 22.4 Å². The predicted octanol–water partition coefficient (Wildman–Crippen LogP) is 2.84. The van der Waals surface area contributed by atoms with Crippen LogP contribution in [0.25, 0.3) is 10.8 Å². The van der Waals surface area contributed by atoms with Gasteiger partial charge in [0.25, 0.3) is 5.56 Å². The van der Waals surface area contributed by atoms with Crippen molar-refractivity contribution in [1.82, 2.24) is 4.57 Å². The summed E-state index contributed by atoms with van der Waals surface area (Å²) in [6.07, 6.45) is 1.92. The molecule has 0 atom stereocenters. The molecule has 2 rings (SSSR count).